The molecule has 0 spiro atoms. The van der Waals surface area contributed by atoms with Gasteiger partial charge in [0.25, 0.3) is 0 Å². The van der Waals surface area contributed by atoms with Crippen LogP contribution in [0.4, 0.5) is 0 Å². The van der Waals surface area contributed by atoms with Gasteiger partial charge in [0.05, 0.1) is 18.6 Å². The molecule has 2 N–H and O–H groups in total. The maximum absolute atomic E-state index is 12.1. The lowest BCUT2D eigenvalue weighted by atomic mass is 9.89. The number of aryl methyl sites for hydroxylation is 1. The molecule has 1 aromatic heterocycles. The minimum absolute atomic E-state index is 0.0974. The Morgan fingerprint density at radius 2 is 2.04 bits per heavy atom. The first kappa shape index (κ1) is 17.8. The molecule has 1 amide bonds. The molecule has 6 nitrogen and oxygen atoms in total. The average Bonchev–Trinajstić information content (AvgIpc) is 2.83. The molecule has 0 aliphatic rings. The standard InChI is InChI=1S/C18H23NO5/c1-10-13-8-12(23-5)6-7-14(13)24-16(10)11(2)19-15(20)9-18(3,4)17(21)22/h6-8,11H,9H2,1-5H3,(H,19,20)(H,21,22)/t11-/m1/s1. The predicted octanol–water partition coefficient (Wildman–Crippen LogP) is 3.43. The molecule has 0 fully saturated rings. The number of carbonyl (C=O) groups excluding carboxylic acids is 1. The number of amides is 1. The maximum Gasteiger partial charge on any atom is 0.309 e. The fourth-order valence-corrected chi connectivity index (χ4v) is 2.59. The van der Waals surface area contributed by atoms with Crippen LogP contribution < -0.4 is 10.1 Å². The molecule has 130 valence electrons. The van der Waals surface area contributed by atoms with Gasteiger partial charge in [0, 0.05) is 17.4 Å². The molecule has 2 rings (SSSR count). The second-order valence-corrected chi connectivity index (χ2v) is 6.61. The predicted molar refractivity (Wildman–Crippen MR) is 90.1 cm³/mol. The molecule has 0 saturated heterocycles. The van der Waals surface area contributed by atoms with Crippen molar-refractivity contribution >= 4 is 22.8 Å². The van der Waals surface area contributed by atoms with Gasteiger partial charge in [-0.2, -0.15) is 0 Å². The van der Waals surface area contributed by atoms with E-state index in [2.05, 4.69) is 5.32 Å². The summed E-state index contributed by atoms with van der Waals surface area (Å²) in [6.07, 6.45) is -0.0974. The van der Waals surface area contributed by atoms with E-state index in [1.807, 2.05) is 32.0 Å². The number of benzene rings is 1. The molecule has 2 aromatic rings. The number of fused-ring (bicyclic) bond motifs is 1. The first-order chi connectivity index (χ1) is 11.2. The molecule has 0 saturated carbocycles. The lowest BCUT2D eigenvalue weighted by Crippen LogP contribution is -2.34. The van der Waals surface area contributed by atoms with Crippen LogP contribution in [0.5, 0.6) is 5.75 Å². The van der Waals surface area contributed by atoms with Gasteiger partial charge in [0.2, 0.25) is 5.91 Å². The number of carboxylic acid groups (broad SMARTS) is 1. The van der Waals surface area contributed by atoms with Gasteiger partial charge >= 0.3 is 5.97 Å². The average molecular weight is 333 g/mol. The van der Waals surface area contributed by atoms with E-state index in [0.29, 0.717) is 5.76 Å². The van der Waals surface area contributed by atoms with Gasteiger partial charge in [-0.15, -0.1) is 0 Å². The fraction of sp³-hybridized carbons (Fsp3) is 0.444. The lowest BCUT2D eigenvalue weighted by Gasteiger charge is -2.20. The van der Waals surface area contributed by atoms with Crippen LogP contribution in [0.25, 0.3) is 11.0 Å². The van der Waals surface area contributed by atoms with Crippen molar-refractivity contribution < 1.29 is 23.8 Å². The van der Waals surface area contributed by atoms with Crippen molar-refractivity contribution in [3.05, 3.63) is 29.5 Å². The van der Waals surface area contributed by atoms with Gasteiger partial charge in [0.15, 0.2) is 0 Å². The Balaban J connectivity index is 2.19. The van der Waals surface area contributed by atoms with Crippen LogP contribution in [0.3, 0.4) is 0 Å². The first-order valence-corrected chi connectivity index (χ1v) is 7.75. The molecule has 6 heteroatoms. The summed E-state index contributed by atoms with van der Waals surface area (Å²) in [5.74, 6) is 0.0576. The Hall–Kier alpha value is -2.50. The fourth-order valence-electron chi connectivity index (χ4n) is 2.59. The third-order valence-corrected chi connectivity index (χ3v) is 4.13. The number of nitrogens with one attached hydrogen (secondary N) is 1. The van der Waals surface area contributed by atoms with Crippen molar-refractivity contribution in [3.63, 3.8) is 0 Å². The van der Waals surface area contributed by atoms with Crippen LogP contribution in [0.1, 0.15) is 44.6 Å². The molecule has 24 heavy (non-hydrogen) atoms. The molecule has 1 atom stereocenters. The third-order valence-electron chi connectivity index (χ3n) is 4.13. The Morgan fingerprint density at radius 3 is 2.62 bits per heavy atom. The highest BCUT2D eigenvalue weighted by Gasteiger charge is 2.31. The Morgan fingerprint density at radius 1 is 1.38 bits per heavy atom. The first-order valence-electron chi connectivity index (χ1n) is 7.75. The van der Waals surface area contributed by atoms with Crippen LogP contribution in [-0.2, 0) is 9.59 Å². The van der Waals surface area contributed by atoms with Gasteiger partial charge in [0.1, 0.15) is 17.1 Å². The number of aliphatic carboxylic acids is 1. The molecule has 0 bridgehead atoms. The third kappa shape index (κ3) is 3.53. The maximum atomic E-state index is 12.1. The van der Waals surface area contributed by atoms with E-state index >= 15 is 0 Å². The lowest BCUT2D eigenvalue weighted by molar-refractivity contribution is -0.149. The van der Waals surface area contributed by atoms with Crippen LogP contribution in [-0.4, -0.2) is 24.1 Å². The number of carbonyl (C=O) groups is 2. The number of ether oxygens (including phenoxy) is 1. The van der Waals surface area contributed by atoms with Gasteiger partial charge in [-0.3, -0.25) is 9.59 Å². The second kappa shape index (κ2) is 6.55. The summed E-state index contributed by atoms with van der Waals surface area (Å²) in [6, 6.07) is 5.17. The van der Waals surface area contributed by atoms with E-state index in [4.69, 9.17) is 14.3 Å². The van der Waals surface area contributed by atoms with Crippen molar-refractivity contribution in [3.8, 4) is 5.75 Å². The quantitative estimate of drug-likeness (QED) is 0.845. The van der Waals surface area contributed by atoms with Gasteiger partial charge < -0.3 is 19.6 Å². The molecule has 1 heterocycles. The number of hydrogen-bond acceptors (Lipinski definition) is 4. The highest BCUT2D eigenvalue weighted by Crippen LogP contribution is 2.32. The van der Waals surface area contributed by atoms with Crippen LogP contribution >= 0.6 is 0 Å². The van der Waals surface area contributed by atoms with E-state index in [-0.39, 0.29) is 18.4 Å². The highest BCUT2D eigenvalue weighted by atomic mass is 16.5. The number of hydrogen-bond donors (Lipinski definition) is 2. The largest absolute Gasteiger partial charge is 0.497 e. The van der Waals surface area contributed by atoms with Crippen molar-refractivity contribution in [2.24, 2.45) is 5.41 Å². The summed E-state index contributed by atoms with van der Waals surface area (Å²) in [7, 11) is 1.60. The molecule has 0 aliphatic carbocycles. The molecule has 0 aliphatic heterocycles. The molecular formula is C18H23NO5. The van der Waals surface area contributed by atoms with E-state index in [9.17, 15) is 9.59 Å². The molecule has 0 radical (unpaired) electrons. The van der Waals surface area contributed by atoms with Crippen LogP contribution in [0, 0.1) is 12.3 Å². The Kier molecular flexibility index (Phi) is 4.87. The summed E-state index contributed by atoms with van der Waals surface area (Å²) >= 11 is 0. The topological polar surface area (TPSA) is 88.8 Å². The minimum Gasteiger partial charge on any atom is -0.497 e. The van der Waals surface area contributed by atoms with Crippen molar-refractivity contribution in [2.75, 3.05) is 7.11 Å². The van der Waals surface area contributed by atoms with Crippen molar-refractivity contribution in [1.82, 2.24) is 5.32 Å². The number of rotatable bonds is 6. The van der Waals surface area contributed by atoms with Crippen LogP contribution in [0.2, 0.25) is 0 Å². The smallest absolute Gasteiger partial charge is 0.309 e. The Labute approximate surface area is 140 Å². The van der Waals surface area contributed by atoms with E-state index < -0.39 is 11.4 Å². The van der Waals surface area contributed by atoms with E-state index in [1.165, 1.54) is 13.8 Å². The number of carboxylic acids is 1. The van der Waals surface area contributed by atoms with Crippen LogP contribution in [0.15, 0.2) is 22.6 Å². The number of furan rings is 1. The molecular weight excluding hydrogens is 310 g/mol. The highest BCUT2D eigenvalue weighted by molar-refractivity contribution is 5.86. The van der Waals surface area contributed by atoms with E-state index in [0.717, 1.165) is 22.3 Å². The zero-order chi connectivity index (χ0) is 18.1. The summed E-state index contributed by atoms with van der Waals surface area (Å²) in [5, 5.41) is 12.9. The van der Waals surface area contributed by atoms with Gasteiger partial charge in [-0.25, -0.2) is 0 Å². The molecule has 0 unspecified atom stereocenters. The zero-order valence-electron chi connectivity index (χ0n) is 14.6. The summed E-state index contributed by atoms with van der Waals surface area (Å²) in [5.41, 5.74) is 0.532. The normalized spacial score (nSPS) is 12.9. The Bertz CT molecular complexity index is 775. The van der Waals surface area contributed by atoms with Crippen molar-refractivity contribution in [1.29, 1.82) is 0 Å². The van der Waals surface area contributed by atoms with Gasteiger partial charge in [-0.1, -0.05) is 0 Å². The zero-order valence-corrected chi connectivity index (χ0v) is 14.6. The SMILES string of the molecule is COc1ccc2oc([C@@H](C)NC(=O)CC(C)(C)C(=O)O)c(C)c2c1. The summed E-state index contributed by atoms with van der Waals surface area (Å²) in [6.45, 7) is 6.79. The van der Waals surface area contributed by atoms with Gasteiger partial charge in [-0.05, 0) is 45.9 Å². The van der Waals surface area contributed by atoms with Crippen molar-refractivity contribution in [2.45, 2.75) is 40.2 Å². The monoisotopic (exact) mass is 333 g/mol. The molecule has 1 aromatic carbocycles. The van der Waals surface area contributed by atoms with E-state index in [1.54, 1.807) is 7.11 Å². The minimum atomic E-state index is -1.11. The number of methoxy groups -OCH3 is 1. The summed E-state index contributed by atoms with van der Waals surface area (Å²) < 4.78 is 11.1. The summed E-state index contributed by atoms with van der Waals surface area (Å²) in [4.78, 5) is 23.3. The second-order valence-electron chi connectivity index (χ2n) is 6.61.